The molecule has 0 aliphatic carbocycles. The highest BCUT2D eigenvalue weighted by Gasteiger charge is 2.14. The summed E-state index contributed by atoms with van der Waals surface area (Å²) in [5.41, 5.74) is 1.58. The van der Waals surface area contributed by atoms with E-state index in [-0.39, 0.29) is 23.0 Å². The van der Waals surface area contributed by atoms with E-state index in [9.17, 15) is 19.3 Å². The number of rotatable bonds is 5. The molecule has 0 aliphatic heterocycles. The molecule has 0 heterocycles. The topological polar surface area (TPSA) is 72.2 Å². The van der Waals surface area contributed by atoms with E-state index in [1.807, 2.05) is 0 Å². The molecule has 2 rings (SSSR count). The molecule has 6 heteroatoms. The Balaban J connectivity index is 1.96. The molecule has 0 fully saturated rings. The molecule has 114 valence electrons. The summed E-state index contributed by atoms with van der Waals surface area (Å²) in [6.45, 7) is 1.99. The van der Waals surface area contributed by atoms with Crippen molar-refractivity contribution in [2.75, 3.05) is 6.54 Å². The van der Waals surface area contributed by atoms with Gasteiger partial charge in [0, 0.05) is 23.7 Å². The van der Waals surface area contributed by atoms with Crippen molar-refractivity contribution in [3.63, 3.8) is 0 Å². The van der Waals surface area contributed by atoms with Crippen LogP contribution in [-0.2, 0) is 6.42 Å². The van der Waals surface area contributed by atoms with Crippen LogP contribution in [0.1, 0.15) is 21.5 Å². The molecule has 0 saturated carbocycles. The summed E-state index contributed by atoms with van der Waals surface area (Å²) in [7, 11) is 0. The maximum absolute atomic E-state index is 12.8. The second-order valence-electron chi connectivity index (χ2n) is 4.89. The number of nitro groups is 1. The lowest BCUT2D eigenvalue weighted by atomic mass is 10.1. The zero-order valence-electron chi connectivity index (χ0n) is 12.0. The molecular formula is C16H15FN2O3. The number of benzene rings is 2. The number of hydrogen-bond acceptors (Lipinski definition) is 3. The number of nitrogens with zero attached hydrogens (tertiary/aromatic N) is 1. The standard InChI is InChI=1S/C16H15FN2O3/c1-11-2-5-13(10-15(11)19(21)22)16(20)18-9-8-12-3-6-14(17)7-4-12/h2-7,10H,8-9H2,1H3,(H,18,20). The van der Waals surface area contributed by atoms with Gasteiger partial charge in [-0.3, -0.25) is 14.9 Å². The Morgan fingerprint density at radius 3 is 2.55 bits per heavy atom. The number of nitro benzene ring substituents is 1. The predicted octanol–water partition coefficient (Wildman–Crippen LogP) is 3.01. The van der Waals surface area contributed by atoms with E-state index in [1.165, 1.54) is 18.2 Å². The van der Waals surface area contributed by atoms with Crippen LogP contribution in [0.3, 0.4) is 0 Å². The second kappa shape index (κ2) is 6.80. The van der Waals surface area contributed by atoms with Gasteiger partial charge in [-0.25, -0.2) is 4.39 Å². The zero-order valence-corrected chi connectivity index (χ0v) is 12.0. The summed E-state index contributed by atoms with van der Waals surface area (Å²) in [6.07, 6.45) is 0.556. The summed E-state index contributed by atoms with van der Waals surface area (Å²) in [6, 6.07) is 10.4. The zero-order chi connectivity index (χ0) is 16.1. The molecule has 2 aromatic rings. The molecule has 0 aliphatic rings. The number of carbonyl (C=O) groups is 1. The second-order valence-corrected chi connectivity index (χ2v) is 4.89. The Bertz CT molecular complexity index is 699. The van der Waals surface area contributed by atoms with Gasteiger partial charge < -0.3 is 5.32 Å². The van der Waals surface area contributed by atoms with E-state index in [0.717, 1.165) is 5.56 Å². The molecule has 5 nitrogen and oxygen atoms in total. The Hall–Kier alpha value is -2.76. The minimum Gasteiger partial charge on any atom is -0.352 e. The minimum atomic E-state index is -0.509. The number of amides is 1. The summed E-state index contributed by atoms with van der Waals surface area (Å²) < 4.78 is 12.8. The van der Waals surface area contributed by atoms with Gasteiger partial charge in [-0.2, -0.15) is 0 Å². The molecule has 22 heavy (non-hydrogen) atoms. The van der Waals surface area contributed by atoms with Gasteiger partial charge in [-0.1, -0.05) is 18.2 Å². The number of aryl methyl sites for hydroxylation is 1. The van der Waals surface area contributed by atoms with Gasteiger partial charge in [0.2, 0.25) is 0 Å². The first-order valence-electron chi connectivity index (χ1n) is 6.75. The quantitative estimate of drug-likeness (QED) is 0.681. The Labute approximate surface area is 126 Å². The molecule has 0 atom stereocenters. The van der Waals surface area contributed by atoms with Gasteiger partial charge in [-0.05, 0) is 37.1 Å². The van der Waals surface area contributed by atoms with Gasteiger partial charge >= 0.3 is 0 Å². The van der Waals surface area contributed by atoms with Crippen LogP contribution < -0.4 is 5.32 Å². The van der Waals surface area contributed by atoms with Crippen LogP contribution in [0.2, 0.25) is 0 Å². The number of hydrogen-bond donors (Lipinski definition) is 1. The predicted molar refractivity (Wildman–Crippen MR) is 80.3 cm³/mol. The van der Waals surface area contributed by atoms with E-state index in [4.69, 9.17) is 0 Å². The van der Waals surface area contributed by atoms with Crippen molar-refractivity contribution in [3.8, 4) is 0 Å². The molecular weight excluding hydrogens is 287 g/mol. The molecule has 0 bridgehead atoms. The van der Waals surface area contributed by atoms with E-state index >= 15 is 0 Å². The molecule has 0 spiro atoms. The number of halogens is 1. The van der Waals surface area contributed by atoms with Crippen molar-refractivity contribution in [3.05, 3.63) is 75.1 Å². The Kier molecular flexibility index (Phi) is 4.83. The van der Waals surface area contributed by atoms with Crippen LogP contribution in [0.4, 0.5) is 10.1 Å². The molecule has 1 amide bonds. The Morgan fingerprint density at radius 1 is 1.23 bits per heavy atom. The smallest absolute Gasteiger partial charge is 0.273 e. The van der Waals surface area contributed by atoms with Crippen LogP contribution in [0.25, 0.3) is 0 Å². The molecule has 2 aromatic carbocycles. The minimum absolute atomic E-state index is 0.0776. The van der Waals surface area contributed by atoms with Gasteiger partial charge in [0.15, 0.2) is 0 Å². The fraction of sp³-hybridized carbons (Fsp3) is 0.188. The molecule has 1 N–H and O–H groups in total. The van der Waals surface area contributed by atoms with E-state index in [1.54, 1.807) is 31.2 Å². The lowest BCUT2D eigenvalue weighted by Gasteiger charge is -2.06. The highest BCUT2D eigenvalue weighted by atomic mass is 19.1. The summed E-state index contributed by atoms with van der Waals surface area (Å²) in [5, 5.41) is 13.6. The fourth-order valence-corrected chi connectivity index (χ4v) is 2.02. The maximum atomic E-state index is 12.8. The van der Waals surface area contributed by atoms with E-state index in [2.05, 4.69) is 5.32 Å². The monoisotopic (exact) mass is 302 g/mol. The van der Waals surface area contributed by atoms with Crippen molar-refractivity contribution >= 4 is 11.6 Å². The highest BCUT2D eigenvalue weighted by Crippen LogP contribution is 2.19. The first kappa shape index (κ1) is 15.6. The number of nitrogens with one attached hydrogen (secondary N) is 1. The van der Waals surface area contributed by atoms with Crippen LogP contribution in [-0.4, -0.2) is 17.4 Å². The van der Waals surface area contributed by atoms with Crippen LogP contribution in [0, 0.1) is 22.9 Å². The Morgan fingerprint density at radius 2 is 1.91 bits per heavy atom. The summed E-state index contributed by atoms with van der Waals surface area (Å²) >= 11 is 0. The summed E-state index contributed by atoms with van der Waals surface area (Å²) in [5.74, 6) is -0.676. The third kappa shape index (κ3) is 3.88. The third-order valence-corrected chi connectivity index (χ3v) is 3.28. The first-order chi connectivity index (χ1) is 10.5. The first-order valence-corrected chi connectivity index (χ1v) is 6.75. The van der Waals surface area contributed by atoms with Crippen molar-refractivity contribution in [2.45, 2.75) is 13.3 Å². The molecule has 0 radical (unpaired) electrons. The van der Waals surface area contributed by atoms with Crippen molar-refractivity contribution in [2.24, 2.45) is 0 Å². The lowest BCUT2D eigenvalue weighted by Crippen LogP contribution is -2.25. The normalized spacial score (nSPS) is 10.3. The molecule has 0 aromatic heterocycles. The van der Waals surface area contributed by atoms with Gasteiger partial charge in [0.05, 0.1) is 4.92 Å². The SMILES string of the molecule is Cc1ccc(C(=O)NCCc2ccc(F)cc2)cc1[N+](=O)[O-]. The third-order valence-electron chi connectivity index (χ3n) is 3.28. The van der Waals surface area contributed by atoms with E-state index < -0.39 is 4.92 Å². The molecule has 0 unspecified atom stereocenters. The highest BCUT2D eigenvalue weighted by molar-refractivity contribution is 5.94. The van der Waals surface area contributed by atoms with Crippen LogP contribution in [0.5, 0.6) is 0 Å². The van der Waals surface area contributed by atoms with E-state index in [0.29, 0.717) is 18.5 Å². The van der Waals surface area contributed by atoms with Gasteiger partial charge in [-0.15, -0.1) is 0 Å². The van der Waals surface area contributed by atoms with Crippen LogP contribution >= 0.6 is 0 Å². The molecule has 0 saturated heterocycles. The maximum Gasteiger partial charge on any atom is 0.273 e. The van der Waals surface area contributed by atoms with Crippen molar-refractivity contribution in [1.29, 1.82) is 0 Å². The van der Waals surface area contributed by atoms with Crippen molar-refractivity contribution < 1.29 is 14.1 Å². The van der Waals surface area contributed by atoms with Gasteiger partial charge in [0.1, 0.15) is 5.82 Å². The average Bonchev–Trinajstić information content (AvgIpc) is 2.49. The van der Waals surface area contributed by atoms with Gasteiger partial charge in [0.25, 0.3) is 11.6 Å². The lowest BCUT2D eigenvalue weighted by molar-refractivity contribution is -0.385. The largest absolute Gasteiger partial charge is 0.352 e. The van der Waals surface area contributed by atoms with Crippen LogP contribution in [0.15, 0.2) is 42.5 Å². The van der Waals surface area contributed by atoms with Crippen molar-refractivity contribution in [1.82, 2.24) is 5.32 Å². The fourth-order valence-electron chi connectivity index (χ4n) is 2.02. The average molecular weight is 302 g/mol. The number of carbonyl (C=O) groups excluding carboxylic acids is 1. The summed E-state index contributed by atoms with van der Waals surface area (Å²) in [4.78, 5) is 22.3.